The van der Waals surface area contributed by atoms with Gasteiger partial charge in [-0.25, -0.2) is 0 Å². The third kappa shape index (κ3) is 2.17. The normalized spacial score (nSPS) is 30.8. The second kappa shape index (κ2) is 5.55. The number of amidine groups is 1. The highest BCUT2D eigenvalue weighted by Crippen LogP contribution is 2.54. The van der Waals surface area contributed by atoms with Crippen LogP contribution in [-0.2, 0) is 0 Å². The van der Waals surface area contributed by atoms with Gasteiger partial charge >= 0.3 is 0 Å². The summed E-state index contributed by atoms with van der Waals surface area (Å²) in [6, 6.07) is 20.9. The molecule has 0 spiro atoms. The van der Waals surface area contributed by atoms with E-state index in [1.165, 1.54) is 24.9 Å². The van der Waals surface area contributed by atoms with Crippen LogP contribution in [0.4, 0.5) is 11.4 Å². The smallest absolute Gasteiger partial charge is 0.176 e. The minimum absolute atomic E-state index is 0.441. The van der Waals surface area contributed by atoms with E-state index in [-0.39, 0.29) is 0 Å². The Morgan fingerprint density at radius 3 is 2.33 bits per heavy atom. The molecule has 1 heterocycles. The Bertz CT molecular complexity index is 784. The first kappa shape index (κ1) is 13.9. The van der Waals surface area contributed by atoms with Crippen LogP contribution in [0.5, 0.6) is 0 Å². The maximum Gasteiger partial charge on any atom is 0.176 e. The molecule has 4 heteroatoms. The van der Waals surface area contributed by atoms with Gasteiger partial charge in [-0.3, -0.25) is 5.01 Å². The molecule has 2 aromatic rings. The fourth-order valence-electron chi connectivity index (χ4n) is 4.72. The molecule has 120 valence electrons. The van der Waals surface area contributed by atoms with Gasteiger partial charge in [0.2, 0.25) is 0 Å². The highest BCUT2D eigenvalue weighted by Gasteiger charge is 2.55. The molecule has 3 aliphatic rings. The van der Waals surface area contributed by atoms with E-state index < -0.39 is 0 Å². The number of hydrogen-bond acceptors (Lipinski definition) is 4. The summed E-state index contributed by atoms with van der Waals surface area (Å²) in [5, 5.41) is 16.1. The van der Waals surface area contributed by atoms with Crippen molar-refractivity contribution < 1.29 is 0 Å². The average molecular weight is 316 g/mol. The molecule has 5 rings (SSSR count). The fraction of sp³-hybridized carbons (Fsp3) is 0.350. The van der Waals surface area contributed by atoms with Crippen LogP contribution in [-0.4, -0.2) is 11.9 Å². The number of hydrogen-bond donors (Lipinski definition) is 0. The molecule has 2 aliphatic carbocycles. The fourth-order valence-corrected chi connectivity index (χ4v) is 4.72. The minimum atomic E-state index is 0.441. The van der Waals surface area contributed by atoms with E-state index in [9.17, 15) is 0 Å². The summed E-state index contributed by atoms with van der Waals surface area (Å²) in [7, 11) is 0. The van der Waals surface area contributed by atoms with Crippen molar-refractivity contribution in [1.29, 1.82) is 0 Å². The Morgan fingerprint density at radius 1 is 0.833 bits per heavy atom. The zero-order valence-electron chi connectivity index (χ0n) is 13.5. The average Bonchev–Trinajstić information content (AvgIpc) is 3.34. The molecule has 4 atom stereocenters. The lowest BCUT2D eigenvalue weighted by Gasteiger charge is -2.30. The van der Waals surface area contributed by atoms with Crippen LogP contribution in [0, 0.1) is 17.8 Å². The number of benzene rings is 2. The third-order valence-corrected chi connectivity index (χ3v) is 5.71. The number of nitrogens with zero attached hydrogens (tertiary/aromatic N) is 4. The molecule has 0 aromatic heterocycles. The number of hydrazone groups is 1. The number of para-hydroxylation sites is 1. The molecule has 2 saturated carbocycles. The summed E-state index contributed by atoms with van der Waals surface area (Å²) in [5.41, 5.74) is 2.06. The molecule has 4 nitrogen and oxygen atoms in total. The maximum absolute atomic E-state index is 4.89. The number of rotatable bonds is 2. The van der Waals surface area contributed by atoms with Gasteiger partial charge < -0.3 is 0 Å². The summed E-state index contributed by atoms with van der Waals surface area (Å²) >= 11 is 0. The van der Waals surface area contributed by atoms with Gasteiger partial charge in [-0.2, -0.15) is 5.10 Å². The van der Waals surface area contributed by atoms with Gasteiger partial charge in [-0.15, -0.1) is 10.2 Å². The largest absolute Gasteiger partial charge is 0.260 e. The predicted molar refractivity (Wildman–Crippen MR) is 95.4 cm³/mol. The molecule has 24 heavy (non-hydrogen) atoms. The summed E-state index contributed by atoms with van der Waals surface area (Å²) in [5.74, 6) is 2.83. The first-order valence-corrected chi connectivity index (χ1v) is 8.80. The summed E-state index contributed by atoms with van der Waals surface area (Å²) in [4.78, 5) is 0. The van der Waals surface area contributed by atoms with Crippen LogP contribution in [0.2, 0.25) is 0 Å². The lowest BCUT2D eigenvalue weighted by molar-refractivity contribution is 0.362. The van der Waals surface area contributed by atoms with Gasteiger partial charge in [0.25, 0.3) is 0 Å². The van der Waals surface area contributed by atoms with Crippen LogP contribution in [0.15, 0.2) is 76.0 Å². The van der Waals surface area contributed by atoms with Gasteiger partial charge in [0.05, 0.1) is 17.4 Å². The number of fused-ring (bicyclic) bond motifs is 5. The quantitative estimate of drug-likeness (QED) is 0.717. The van der Waals surface area contributed by atoms with Gasteiger partial charge in [-0.1, -0.05) is 36.4 Å². The zero-order valence-corrected chi connectivity index (χ0v) is 13.5. The number of anilines is 1. The monoisotopic (exact) mass is 316 g/mol. The van der Waals surface area contributed by atoms with Crippen molar-refractivity contribution >= 4 is 17.2 Å². The molecule has 2 aromatic carbocycles. The van der Waals surface area contributed by atoms with Crippen molar-refractivity contribution in [2.45, 2.75) is 25.3 Å². The Kier molecular flexibility index (Phi) is 3.21. The molecule has 1 aliphatic heterocycles. The van der Waals surface area contributed by atoms with Crippen molar-refractivity contribution in [2.75, 3.05) is 5.01 Å². The van der Waals surface area contributed by atoms with Crippen LogP contribution < -0.4 is 5.01 Å². The zero-order chi connectivity index (χ0) is 15.9. The first-order valence-electron chi connectivity index (χ1n) is 8.80. The number of azo groups is 1. The van der Waals surface area contributed by atoms with E-state index in [1.54, 1.807) is 0 Å². The second-order valence-corrected chi connectivity index (χ2v) is 7.02. The molecular weight excluding hydrogens is 296 g/mol. The lowest BCUT2D eigenvalue weighted by atomic mass is 9.84. The van der Waals surface area contributed by atoms with E-state index in [1.807, 2.05) is 30.3 Å². The third-order valence-electron chi connectivity index (χ3n) is 5.71. The second-order valence-electron chi connectivity index (χ2n) is 7.02. The van der Waals surface area contributed by atoms with Crippen LogP contribution in [0.1, 0.15) is 19.3 Å². The topological polar surface area (TPSA) is 40.3 Å². The highest BCUT2D eigenvalue weighted by atomic mass is 15.5. The van der Waals surface area contributed by atoms with E-state index in [4.69, 9.17) is 5.10 Å². The maximum atomic E-state index is 4.89. The van der Waals surface area contributed by atoms with E-state index in [2.05, 4.69) is 45.6 Å². The SMILES string of the molecule is c1ccc(N=NC2=NN(c3ccccc3)[C@H]3[C@H]4CC[C@@H](C4)[C@@H]23)cc1. The van der Waals surface area contributed by atoms with Crippen LogP contribution in [0.25, 0.3) is 0 Å². The van der Waals surface area contributed by atoms with Gasteiger partial charge in [0.15, 0.2) is 5.84 Å². The van der Waals surface area contributed by atoms with Gasteiger partial charge in [-0.05, 0) is 55.4 Å². The molecular formula is C20H20N4. The summed E-state index contributed by atoms with van der Waals surface area (Å²) < 4.78 is 0. The van der Waals surface area contributed by atoms with Crippen LogP contribution in [0.3, 0.4) is 0 Å². The van der Waals surface area contributed by atoms with Crippen molar-refractivity contribution in [3.05, 3.63) is 60.7 Å². The van der Waals surface area contributed by atoms with E-state index in [0.717, 1.165) is 23.4 Å². The van der Waals surface area contributed by atoms with Crippen molar-refractivity contribution in [1.82, 2.24) is 0 Å². The Hall–Kier alpha value is -2.49. The van der Waals surface area contributed by atoms with Gasteiger partial charge in [0, 0.05) is 5.92 Å². The van der Waals surface area contributed by atoms with Crippen LogP contribution >= 0.6 is 0 Å². The highest BCUT2D eigenvalue weighted by molar-refractivity contribution is 5.90. The van der Waals surface area contributed by atoms with Crippen molar-refractivity contribution in [3.63, 3.8) is 0 Å². The van der Waals surface area contributed by atoms with E-state index >= 15 is 0 Å². The van der Waals surface area contributed by atoms with Crippen molar-refractivity contribution in [2.24, 2.45) is 33.1 Å². The summed E-state index contributed by atoms with van der Waals surface area (Å²) in [6.45, 7) is 0. The Morgan fingerprint density at radius 2 is 1.54 bits per heavy atom. The van der Waals surface area contributed by atoms with E-state index in [0.29, 0.717) is 12.0 Å². The molecule has 0 saturated heterocycles. The Balaban J connectivity index is 1.50. The predicted octanol–water partition coefficient (Wildman–Crippen LogP) is 5.02. The molecule has 2 bridgehead atoms. The Labute approximate surface area is 141 Å². The molecule has 2 fully saturated rings. The lowest BCUT2D eigenvalue weighted by Crippen LogP contribution is -2.37. The molecule has 0 N–H and O–H groups in total. The van der Waals surface area contributed by atoms with Gasteiger partial charge in [0.1, 0.15) is 0 Å². The van der Waals surface area contributed by atoms with Crippen molar-refractivity contribution in [3.8, 4) is 0 Å². The summed E-state index contributed by atoms with van der Waals surface area (Å²) in [6.07, 6.45) is 3.96. The molecule has 0 unspecified atom stereocenters. The molecule has 0 amide bonds. The first-order chi connectivity index (χ1) is 11.9. The standard InChI is InChI=1S/C20H20N4/c1-3-7-16(8-4-1)21-22-20-18-14-11-12-15(13-14)19(18)24(23-20)17-9-5-2-6-10-17/h1-10,14-15,18-19H,11-13H2/t14-,15-,18+,19-/m0/s1. The minimum Gasteiger partial charge on any atom is -0.260 e. The molecule has 0 radical (unpaired) electrons.